The minimum atomic E-state index is -3.98. The fourth-order valence-electron chi connectivity index (χ4n) is 3.12. The minimum Gasteiger partial charge on any atom is -0.478 e. The van der Waals surface area contributed by atoms with Gasteiger partial charge in [0.2, 0.25) is 0 Å². The van der Waals surface area contributed by atoms with Gasteiger partial charge in [0.05, 0.1) is 16.1 Å². The summed E-state index contributed by atoms with van der Waals surface area (Å²) < 4.78 is 41.7. The number of sulfonamides is 1. The summed E-state index contributed by atoms with van der Waals surface area (Å²) >= 11 is 0. The van der Waals surface area contributed by atoms with Crippen molar-refractivity contribution in [3.63, 3.8) is 0 Å². The van der Waals surface area contributed by atoms with Crippen molar-refractivity contribution in [2.45, 2.75) is 24.7 Å². The van der Waals surface area contributed by atoms with Gasteiger partial charge < -0.3 is 5.11 Å². The van der Waals surface area contributed by atoms with E-state index in [1.807, 2.05) is 0 Å². The Labute approximate surface area is 168 Å². The van der Waals surface area contributed by atoms with Crippen molar-refractivity contribution in [1.29, 1.82) is 0 Å². The average molecular weight is 413 g/mol. The number of carboxylic acids is 1. The van der Waals surface area contributed by atoms with Crippen LogP contribution in [0.5, 0.6) is 0 Å². The van der Waals surface area contributed by atoms with Crippen LogP contribution in [0.4, 0.5) is 10.1 Å². The highest BCUT2D eigenvalue weighted by atomic mass is 32.2. The van der Waals surface area contributed by atoms with Crippen molar-refractivity contribution in [2.75, 3.05) is 4.72 Å². The number of rotatable bonds is 7. The molecule has 5 nitrogen and oxygen atoms in total. The number of aryl methyl sites for hydroxylation is 3. The highest BCUT2D eigenvalue weighted by Crippen LogP contribution is 2.24. The Balaban J connectivity index is 1.86. The monoisotopic (exact) mass is 413 g/mol. The van der Waals surface area contributed by atoms with E-state index >= 15 is 0 Å². The highest BCUT2D eigenvalue weighted by Gasteiger charge is 2.19. The quantitative estimate of drug-likeness (QED) is 0.601. The molecule has 0 heterocycles. The van der Waals surface area contributed by atoms with Crippen molar-refractivity contribution in [2.24, 2.45) is 0 Å². The Morgan fingerprint density at radius 3 is 2.31 bits per heavy atom. The molecule has 0 saturated heterocycles. The number of hydrogen-bond donors (Lipinski definition) is 2. The van der Waals surface area contributed by atoms with Crippen LogP contribution in [0.15, 0.2) is 71.6 Å². The van der Waals surface area contributed by atoms with E-state index < -0.39 is 21.8 Å². The molecule has 3 rings (SSSR count). The number of anilines is 1. The van der Waals surface area contributed by atoms with Crippen molar-refractivity contribution in [3.8, 4) is 0 Å². The second-order valence-corrected chi connectivity index (χ2v) is 8.29. The van der Waals surface area contributed by atoms with Crippen LogP contribution in [0.3, 0.4) is 0 Å². The molecule has 0 fully saturated rings. The van der Waals surface area contributed by atoms with Crippen LogP contribution in [0.25, 0.3) is 0 Å². The SMILES string of the molecule is Cc1ccc(F)cc1S(=O)(=O)Nc1ccccc1CCc1ccccc1C(=O)O. The first-order valence-electron chi connectivity index (χ1n) is 8.96. The normalized spacial score (nSPS) is 11.2. The lowest BCUT2D eigenvalue weighted by Crippen LogP contribution is -2.16. The van der Waals surface area contributed by atoms with E-state index in [9.17, 15) is 22.7 Å². The van der Waals surface area contributed by atoms with Crippen molar-refractivity contribution < 1.29 is 22.7 Å². The van der Waals surface area contributed by atoms with E-state index in [4.69, 9.17) is 0 Å². The summed E-state index contributed by atoms with van der Waals surface area (Å²) in [5, 5.41) is 9.32. The van der Waals surface area contributed by atoms with E-state index in [-0.39, 0.29) is 10.5 Å². The van der Waals surface area contributed by atoms with Gasteiger partial charge in [0.15, 0.2) is 0 Å². The molecule has 0 aromatic heterocycles. The van der Waals surface area contributed by atoms with Gasteiger partial charge in [-0.2, -0.15) is 0 Å². The van der Waals surface area contributed by atoms with Gasteiger partial charge in [-0.1, -0.05) is 42.5 Å². The maximum Gasteiger partial charge on any atom is 0.335 e. The van der Waals surface area contributed by atoms with Crippen LogP contribution < -0.4 is 4.72 Å². The molecule has 0 unspecified atom stereocenters. The molecule has 150 valence electrons. The Hall–Kier alpha value is -3.19. The number of para-hydroxylation sites is 1. The predicted molar refractivity (Wildman–Crippen MR) is 109 cm³/mol. The molecule has 0 radical (unpaired) electrons. The number of nitrogens with one attached hydrogen (secondary N) is 1. The zero-order valence-electron chi connectivity index (χ0n) is 15.7. The first kappa shape index (κ1) is 20.5. The first-order chi connectivity index (χ1) is 13.8. The summed E-state index contributed by atoms with van der Waals surface area (Å²) in [5.74, 6) is -1.63. The van der Waals surface area contributed by atoms with Gasteiger partial charge in [0.1, 0.15) is 5.82 Å². The molecule has 0 spiro atoms. The third-order valence-corrected chi connectivity index (χ3v) is 6.12. The lowest BCUT2D eigenvalue weighted by Gasteiger charge is -2.14. The second-order valence-electron chi connectivity index (χ2n) is 6.63. The molecule has 3 aromatic carbocycles. The molecule has 0 saturated carbocycles. The summed E-state index contributed by atoms with van der Waals surface area (Å²) in [6, 6.07) is 17.2. The van der Waals surface area contributed by atoms with E-state index in [1.54, 1.807) is 55.5 Å². The molecule has 7 heteroatoms. The zero-order valence-corrected chi connectivity index (χ0v) is 16.5. The molecule has 0 atom stereocenters. The molecule has 29 heavy (non-hydrogen) atoms. The van der Waals surface area contributed by atoms with E-state index in [1.165, 1.54) is 12.1 Å². The Morgan fingerprint density at radius 2 is 1.59 bits per heavy atom. The molecular formula is C22H20FNO4S. The summed E-state index contributed by atoms with van der Waals surface area (Å²) in [7, 11) is -3.98. The van der Waals surface area contributed by atoms with E-state index in [0.29, 0.717) is 35.2 Å². The summed E-state index contributed by atoms with van der Waals surface area (Å²) in [6.45, 7) is 1.60. The molecular weight excluding hydrogens is 393 g/mol. The maximum atomic E-state index is 13.6. The third kappa shape index (κ3) is 4.81. The minimum absolute atomic E-state index is 0.122. The molecule has 0 aliphatic carbocycles. The van der Waals surface area contributed by atoms with Crippen molar-refractivity contribution >= 4 is 21.7 Å². The second kappa shape index (κ2) is 8.45. The first-order valence-corrected chi connectivity index (χ1v) is 10.4. The van der Waals surface area contributed by atoms with Gasteiger partial charge >= 0.3 is 5.97 Å². The van der Waals surface area contributed by atoms with Crippen LogP contribution in [0.2, 0.25) is 0 Å². The Bertz CT molecular complexity index is 1160. The number of halogens is 1. The van der Waals surface area contributed by atoms with Gasteiger partial charge in [-0.15, -0.1) is 0 Å². The number of aromatic carboxylic acids is 1. The maximum absolute atomic E-state index is 13.6. The Morgan fingerprint density at radius 1 is 0.966 bits per heavy atom. The molecule has 2 N–H and O–H groups in total. The van der Waals surface area contributed by atoms with Gasteiger partial charge in [0, 0.05) is 0 Å². The van der Waals surface area contributed by atoms with Crippen molar-refractivity contribution in [1.82, 2.24) is 0 Å². The van der Waals surface area contributed by atoms with Crippen LogP contribution in [0, 0.1) is 12.7 Å². The van der Waals surface area contributed by atoms with E-state index in [0.717, 1.165) is 6.07 Å². The number of benzene rings is 3. The highest BCUT2D eigenvalue weighted by molar-refractivity contribution is 7.92. The number of carboxylic acid groups (broad SMARTS) is 1. The van der Waals surface area contributed by atoms with Gasteiger partial charge in [-0.3, -0.25) is 4.72 Å². The summed E-state index contributed by atoms with van der Waals surface area (Å²) in [4.78, 5) is 11.3. The molecule has 0 aliphatic rings. The van der Waals surface area contributed by atoms with Crippen LogP contribution in [-0.2, 0) is 22.9 Å². The number of hydrogen-bond acceptors (Lipinski definition) is 3. The van der Waals surface area contributed by atoms with Crippen molar-refractivity contribution in [3.05, 3.63) is 94.8 Å². The summed E-state index contributed by atoms with van der Waals surface area (Å²) in [6.07, 6.45) is 0.866. The topological polar surface area (TPSA) is 83.5 Å². The predicted octanol–water partition coefficient (Wildman–Crippen LogP) is 4.42. The third-order valence-electron chi connectivity index (χ3n) is 4.61. The van der Waals surface area contributed by atoms with Gasteiger partial charge in [-0.25, -0.2) is 17.6 Å². The average Bonchev–Trinajstić information content (AvgIpc) is 2.69. The fraction of sp³-hybridized carbons (Fsp3) is 0.136. The van der Waals surface area contributed by atoms with Crippen LogP contribution in [0.1, 0.15) is 27.0 Å². The van der Waals surface area contributed by atoms with Gasteiger partial charge in [0.25, 0.3) is 10.0 Å². The molecule has 0 aliphatic heterocycles. The largest absolute Gasteiger partial charge is 0.478 e. The standard InChI is InChI=1S/C22H20FNO4S/c1-15-10-13-18(23)14-21(15)29(27,28)24-20-9-5-3-7-17(20)12-11-16-6-2-4-8-19(16)22(25)26/h2-10,13-14,24H,11-12H2,1H3,(H,25,26). The van der Waals surface area contributed by atoms with Gasteiger partial charge in [-0.05, 0) is 60.7 Å². The van der Waals surface area contributed by atoms with Crippen LogP contribution >= 0.6 is 0 Å². The summed E-state index contributed by atoms with van der Waals surface area (Å²) in [5.41, 5.74) is 2.42. The van der Waals surface area contributed by atoms with E-state index in [2.05, 4.69) is 4.72 Å². The smallest absolute Gasteiger partial charge is 0.335 e. The zero-order chi connectivity index (χ0) is 21.0. The van der Waals surface area contributed by atoms with Crippen LogP contribution in [-0.4, -0.2) is 19.5 Å². The number of carbonyl (C=O) groups is 1. The molecule has 0 amide bonds. The fourth-order valence-corrected chi connectivity index (χ4v) is 4.48. The lowest BCUT2D eigenvalue weighted by molar-refractivity contribution is 0.0695. The Kier molecular flexibility index (Phi) is 5.98. The molecule has 3 aromatic rings. The lowest BCUT2D eigenvalue weighted by atomic mass is 9.99. The molecule has 0 bridgehead atoms.